The van der Waals surface area contributed by atoms with Crippen molar-refractivity contribution in [2.75, 3.05) is 12.3 Å². The molecule has 4 nitrogen and oxygen atoms in total. The third kappa shape index (κ3) is 2.42. The number of hydrogen-bond acceptors (Lipinski definition) is 4. The van der Waals surface area contributed by atoms with E-state index in [0.717, 1.165) is 22.5 Å². The van der Waals surface area contributed by atoms with Gasteiger partial charge in [-0.1, -0.05) is 6.92 Å². The number of nitrogens with two attached hydrogens (primary N) is 1. The molecule has 2 heterocycles. The van der Waals surface area contributed by atoms with Crippen LogP contribution in [0.3, 0.4) is 0 Å². The lowest BCUT2D eigenvalue weighted by atomic mass is 10.1. The van der Waals surface area contributed by atoms with Gasteiger partial charge in [0.2, 0.25) is 0 Å². The Balaban J connectivity index is 1.75. The van der Waals surface area contributed by atoms with Crippen LogP contribution < -0.4 is 11.1 Å². The van der Waals surface area contributed by atoms with Crippen LogP contribution in [0.4, 0.5) is 5.69 Å². The molecule has 1 unspecified atom stereocenters. The van der Waals surface area contributed by atoms with E-state index in [1.165, 1.54) is 24.2 Å². The highest BCUT2D eigenvalue weighted by atomic mass is 32.1. The van der Waals surface area contributed by atoms with Gasteiger partial charge < -0.3 is 11.1 Å². The summed E-state index contributed by atoms with van der Waals surface area (Å²) in [4.78, 5) is 16.8. The minimum absolute atomic E-state index is 0.0637. The van der Waals surface area contributed by atoms with Crippen LogP contribution in [0.15, 0.2) is 18.5 Å². The van der Waals surface area contributed by atoms with E-state index in [9.17, 15) is 4.79 Å². The SMILES string of the molecule is CC(CNC(=O)c1sc2cnccc2c1N)C1CC1. The van der Waals surface area contributed by atoms with Gasteiger partial charge in [-0.3, -0.25) is 9.78 Å². The van der Waals surface area contributed by atoms with Gasteiger partial charge in [-0.25, -0.2) is 0 Å². The molecule has 0 bridgehead atoms. The van der Waals surface area contributed by atoms with Gasteiger partial charge in [-0.15, -0.1) is 11.3 Å². The van der Waals surface area contributed by atoms with Crippen LogP contribution in [0.25, 0.3) is 10.1 Å². The predicted molar refractivity (Wildman–Crippen MR) is 78.3 cm³/mol. The zero-order chi connectivity index (χ0) is 13.4. The molecule has 1 fully saturated rings. The minimum atomic E-state index is -0.0637. The lowest BCUT2D eigenvalue weighted by Crippen LogP contribution is -2.28. The molecular formula is C14H17N3OS. The summed E-state index contributed by atoms with van der Waals surface area (Å²) >= 11 is 1.41. The highest BCUT2D eigenvalue weighted by molar-refractivity contribution is 7.21. The summed E-state index contributed by atoms with van der Waals surface area (Å²) in [5.74, 6) is 1.29. The Hall–Kier alpha value is -1.62. The van der Waals surface area contributed by atoms with Crippen molar-refractivity contribution >= 4 is 33.0 Å². The fraction of sp³-hybridized carbons (Fsp3) is 0.429. The van der Waals surface area contributed by atoms with Crippen molar-refractivity contribution in [1.82, 2.24) is 10.3 Å². The second-order valence-corrected chi connectivity index (χ2v) is 6.29. The van der Waals surface area contributed by atoms with Gasteiger partial charge in [0.1, 0.15) is 4.88 Å². The molecule has 0 radical (unpaired) electrons. The second-order valence-electron chi connectivity index (χ2n) is 5.24. The lowest BCUT2D eigenvalue weighted by molar-refractivity contribution is 0.0951. The van der Waals surface area contributed by atoms with Gasteiger partial charge in [0.05, 0.1) is 10.4 Å². The van der Waals surface area contributed by atoms with E-state index in [-0.39, 0.29) is 5.91 Å². The standard InChI is InChI=1S/C14H17N3OS/c1-8(9-2-3-9)6-17-14(18)13-12(15)10-4-5-16-7-11(10)19-13/h4-5,7-9H,2-3,6,15H2,1H3,(H,17,18). The van der Waals surface area contributed by atoms with Gasteiger partial charge in [-0.2, -0.15) is 0 Å². The Morgan fingerprint density at radius 3 is 3.11 bits per heavy atom. The summed E-state index contributed by atoms with van der Waals surface area (Å²) in [7, 11) is 0. The molecule has 3 rings (SSSR count). The third-order valence-electron chi connectivity index (χ3n) is 3.75. The van der Waals surface area contributed by atoms with Crippen molar-refractivity contribution in [3.8, 4) is 0 Å². The molecular weight excluding hydrogens is 258 g/mol. The van der Waals surface area contributed by atoms with Crippen molar-refractivity contribution in [1.29, 1.82) is 0 Å². The van der Waals surface area contributed by atoms with Crippen LogP contribution in [0.2, 0.25) is 0 Å². The van der Waals surface area contributed by atoms with Gasteiger partial charge in [0, 0.05) is 24.3 Å². The molecule has 2 aromatic heterocycles. The molecule has 2 aromatic rings. The molecule has 5 heteroatoms. The molecule has 0 aliphatic heterocycles. The molecule has 0 aromatic carbocycles. The Labute approximate surface area is 116 Å². The van der Waals surface area contributed by atoms with Gasteiger partial charge in [-0.05, 0) is 30.7 Å². The third-order valence-corrected chi connectivity index (χ3v) is 4.90. The van der Waals surface area contributed by atoms with E-state index in [1.807, 2.05) is 6.07 Å². The number of fused-ring (bicyclic) bond motifs is 1. The lowest BCUT2D eigenvalue weighted by Gasteiger charge is -2.10. The number of amides is 1. The number of nitrogens with zero attached hydrogens (tertiary/aromatic N) is 1. The summed E-state index contributed by atoms with van der Waals surface area (Å²) in [5, 5.41) is 3.91. The fourth-order valence-electron chi connectivity index (χ4n) is 2.31. The number of nitrogens with one attached hydrogen (secondary N) is 1. The fourth-order valence-corrected chi connectivity index (χ4v) is 3.31. The second kappa shape index (κ2) is 4.81. The van der Waals surface area contributed by atoms with E-state index in [1.54, 1.807) is 12.4 Å². The van der Waals surface area contributed by atoms with Crippen molar-refractivity contribution in [2.24, 2.45) is 11.8 Å². The zero-order valence-corrected chi connectivity index (χ0v) is 11.7. The number of aromatic nitrogens is 1. The van der Waals surface area contributed by atoms with Crippen molar-refractivity contribution in [3.05, 3.63) is 23.3 Å². The summed E-state index contributed by atoms with van der Waals surface area (Å²) in [6, 6.07) is 1.85. The van der Waals surface area contributed by atoms with Crippen LogP contribution in [0, 0.1) is 11.8 Å². The summed E-state index contributed by atoms with van der Waals surface area (Å²) in [5.41, 5.74) is 6.61. The number of hydrogen-bond donors (Lipinski definition) is 2. The first-order valence-electron chi connectivity index (χ1n) is 6.57. The van der Waals surface area contributed by atoms with E-state index < -0.39 is 0 Å². The minimum Gasteiger partial charge on any atom is -0.397 e. The predicted octanol–water partition coefficient (Wildman–Crippen LogP) is 2.65. The first-order valence-corrected chi connectivity index (χ1v) is 7.38. The Morgan fingerprint density at radius 2 is 2.42 bits per heavy atom. The van der Waals surface area contributed by atoms with E-state index in [0.29, 0.717) is 16.5 Å². The molecule has 1 saturated carbocycles. The Morgan fingerprint density at radius 1 is 1.63 bits per heavy atom. The monoisotopic (exact) mass is 275 g/mol. The number of anilines is 1. The number of rotatable bonds is 4. The van der Waals surface area contributed by atoms with Gasteiger partial charge >= 0.3 is 0 Å². The molecule has 1 aliphatic carbocycles. The first-order chi connectivity index (χ1) is 9.16. The molecule has 1 amide bonds. The van der Waals surface area contributed by atoms with Crippen molar-refractivity contribution in [3.63, 3.8) is 0 Å². The smallest absolute Gasteiger partial charge is 0.263 e. The largest absolute Gasteiger partial charge is 0.397 e. The molecule has 3 N–H and O–H groups in total. The molecule has 0 saturated heterocycles. The average molecular weight is 275 g/mol. The van der Waals surface area contributed by atoms with Crippen LogP contribution in [0.1, 0.15) is 29.4 Å². The average Bonchev–Trinajstić information content (AvgIpc) is 3.21. The number of carbonyl (C=O) groups excluding carboxylic acids is 1. The summed E-state index contributed by atoms with van der Waals surface area (Å²) < 4.78 is 0.959. The molecule has 100 valence electrons. The number of nitrogen functional groups attached to an aromatic ring is 1. The van der Waals surface area contributed by atoms with Gasteiger partial charge in [0.15, 0.2) is 0 Å². The van der Waals surface area contributed by atoms with Crippen molar-refractivity contribution in [2.45, 2.75) is 19.8 Å². The molecule has 1 aliphatic rings. The Kier molecular flexibility index (Phi) is 3.14. The highest BCUT2D eigenvalue weighted by Crippen LogP contribution is 2.36. The topological polar surface area (TPSA) is 68.0 Å². The van der Waals surface area contributed by atoms with Crippen LogP contribution >= 0.6 is 11.3 Å². The molecule has 1 atom stereocenters. The highest BCUT2D eigenvalue weighted by Gasteiger charge is 2.28. The number of pyridine rings is 1. The van der Waals surface area contributed by atoms with E-state index in [2.05, 4.69) is 17.2 Å². The van der Waals surface area contributed by atoms with Crippen LogP contribution in [0.5, 0.6) is 0 Å². The molecule has 0 spiro atoms. The van der Waals surface area contributed by atoms with E-state index >= 15 is 0 Å². The van der Waals surface area contributed by atoms with Crippen LogP contribution in [-0.2, 0) is 0 Å². The van der Waals surface area contributed by atoms with Crippen LogP contribution in [-0.4, -0.2) is 17.4 Å². The normalized spacial score (nSPS) is 16.5. The van der Waals surface area contributed by atoms with Crippen molar-refractivity contribution < 1.29 is 4.79 Å². The maximum Gasteiger partial charge on any atom is 0.263 e. The van der Waals surface area contributed by atoms with E-state index in [4.69, 9.17) is 5.73 Å². The summed E-state index contributed by atoms with van der Waals surface area (Å²) in [6.07, 6.45) is 6.05. The molecule has 19 heavy (non-hydrogen) atoms. The summed E-state index contributed by atoms with van der Waals surface area (Å²) in [6.45, 7) is 2.92. The Bertz CT molecular complexity index is 618. The quantitative estimate of drug-likeness (QED) is 0.901. The maximum atomic E-state index is 12.2. The zero-order valence-electron chi connectivity index (χ0n) is 10.8. The first kappa shape index (κ1) is 12.4. The number of carbonyl (C=O) groups is 1. The maximum absolute atomic E-state index is 12.2. The number of thiophene rings is 1. The van der Waals surface area contributed by atoms with Gasteiger partial charge in [0.25, 0.3) is 5.91 Å².